The molecule has 1 amide bonds. The van der Waals surface area contributed by atoms with E-state index in [0.29, 0.717) is 11.4 Å². The summed E-state index contributed by atoms with van der Waals surface area (Å²) in [6.07, 6.45) is 2.26. The van der Waals surface area contributed by atoms with Crippen molar-refractivity contribution in [3.8, 4) is 0 Å². The molecule has 0 fully saturated rings. The van der Waals surface area contributed by atoms with Crippen LogP contribution in [0.1, 0.15) is 37.2 Å². The van der Waals surface area contributed by atoms with Crippen molar-refractivity contribution in [3.63, 3.8) is 0 Å². The van der Waals surface area contributed by atoms with Gasteiger partial charge in [0.15, 0.2) is 5.78 Å². The maximum atomic E-state index is 13.4. The highest BCUT2D eigenvalue weighted by Gasteiger charge is 2.40. The standard InChI is InChI=1S/C25H20ClNO2/c26-20-11-4-3-10-18(20)19-15-24(29)27(22-13-6-14-23(28)25(19)22)21-12-5-8-16-7-1-2-9-17(16)21/h1-5,7-12,19H,6,13-15H2. The fourth-order valence-electron chi connectivity index (χ4n) is 4.70. The molecule has 1 atom stereocenters. The number of ketones is 1. The largest absolute Gasteiger partial charge is 0.294 e. The molecule has 0 bridgehead atoms. The van der Waals surface area contributed by atoms with Gasteiger partial charge in [0.05, 0.1) is 5.69 Å². The zero-order valence-electron chi connectivity index (χ0n) is 15.9. The van der Waals surface area contributed by atoms with E-state index in [9.17, 15) is 9.59 Å². The topological polar surface area (TPSA) is 37.4 Å². The molecule has 1 heterocycles. The Bertz CT molecular complexity index is 1170. The highest BCUT2D eigenvalue weighted by molar-refractivity contribution is 6.31. The summed E-state index contributed by atoms with van der Waals surface area (Å²) in [7, 11) is 0. The Labute approximate surface area is 174 Å². The fraction of sp³-hybridized carbons (Fsp3) is 0.200. The first kappa shape index (κ1) is 18.1. The van der Waals surface area contributed by atoms with Crippen LogP contribution in [-0.4, -0.2) is 11.7 Å². The summed E-state index contributed by atoms with van der Waals surface area (Å²) in [6.45, 7) is 0. The van der Waals surface area contributed by atoms with Crippen LogP contribution in [0.4, 0.5) is 5.69 Å². The summed E-state index contributed by atoms with van der Waals surface area (Å²) in [5, 5.41) is 2.70. The Morgan fingerprint density at radius 3 is 2.48 bits per heavy atom. The van der Waals surface area contributed by atoms with Gasteiger partial charge in [-0.15, -0.1) is 0 Å². The minimum Gasteiger partial charge on any atom is -0.294 e. The van der Waals surface area contributed by atoms with E-state index in [1.165, 1.54) is 0 Å². The lowest BCUT2D eigenvalue weighted by atomic mass is 9.77. The van der Waals surface area contributed by atoms with Gasteiger partial charge in [0.25, 0.3) is 0 Å². The normalized spacial score (nSPS) is 19.6. The van der Waals surface area contributed by atoms with Gasteiger partial charge in [0.2, 0.25) is 5.91 Å². The van der Waals surface area contributed by atoms with Gasteiger partial charge in [-0.1, -0.05) is 66.2 Å². The average Bonchev–Trinajstić information content (AvgIpc) is 2.73. The second kappa shape index (κ2) is 7.16. The average molecular weight is 402 g/mol. The minimum absolute atomic E-state index is 0.0136. The van der Waals surface area contributed by atoms with E-state index in [0.717, 1.165) is 46.1 Å². The quantitative estimate of drug-likeness (QED) is 0.526. The summed E-state index contributed by atoms with van der Waals surface area (Å²) in [5.74, 6) is -0.126. The van der Waals surface area contributed by atoms with Crippen molar-refractivity contribution >= 4 is 39.8 Å². The highest BCUT2D eigenvalue weighted by Crippen LogP contribution is 2.45. The number of hydrogen-bond acceptors (Lipinski definition) is 2. The van der Waals surface area contributed by atoms with Crippen LogP contribution in [0.15, 0.2) is 78.0 Å². The zero-order valence-corrected chi connectivity index (χ0v) is 16.7. The fourth-order valence-corrected chi connectivity index (χ4v) is 4.97. The number of nitrogens with zero attached hydrogens (tertiary/aromatic N) is 1. The third-order valence-corrected chi connectivity index (χ3v) is 6.31. The van der Waals surface area contributed by atoms with E-state index < -0.39 is 0 Å². The SMILES string of the molecule is O=C1CCCC2=C1C(c1ccccc1Cl)CC(=O)N2c1cccc2ccccc12. The Morgan fingerprint density at radius 1 is 0.862 bits per heavy atom. The number of rotatable bonds is 2. The molecule has 144 valence electrons. The van der Waals surface area contributed by atoms with Crippen LogP contribution in [0.3, 0.4) is 0 Å². The molecule has 0 spiro atoms. The maximum Gasteiger partial charge on any atom is 0.232 e. The van der Waals surface area contributed by atoms with E-state index in [4.69, 9.17) is 11.6 Å². The highest BCUT2D eigenvalue weighted by atomic mass is 35.5. The Kier molecular flexibility index (Phi) is 4.48. The predicted molar refractivity (Wildman–Crippen MR) is 116 cm³/mol. The molecule has 0 saturated carbocycles. The molecule has 1 aliphatic heterocycles. The lowest BCUT2D eigenvalue weighted by molar-refractivity contribution is -0.119. The van der Waals surface area contributed by atoms with Gasteiger partial charge in [-0.2, -0.15) is 0 Å². The molecule has 5 rings (SSSR count). The lowest BCUT2D eigenvalue weighted by Crippen LogP contribution is -2.40. The number of Topliss-reactive ketones (excluding diaryl/α,β-unsaturated/α-hetero) is 1. The van der Waals surface area contributed by atoms with Crippen molar-refractivity contribution in [1.29, 1.82) is 0 Å². The first-order chi connectivity index (χ1) is 14.1. The summed E-state index contributed by atoms with van der Waals surface area (Å²) in [4.78, 5) is 28.3. The summed E-state index contributed by atoms with van der Waals surface area (Å²) in [5.41, 5.74) is 3.33. The molecule has 2 aliphatic rings. The molecular weight excluding hydrogens is 382 g/mol. The Morgan fingerprint density at radius 2 is 1.62 bits per heavy atom. The molecule has 0 saturated heterocycles. The van der Waals surface area contributed by atoms with Gasteiger partial charge in [-0.3, -0.25) is 14.5 Å². The molecule has 1 unspecified atom stereocenters. The van der Waals surface area contributed by atoms with E-state index in [-0.39, 0.29) is 24.0 Å². The molecular formula is C25H20ClNO2. The van der Waals surface area contributed by atoms with Crippen LogP contribution < -0.4 is 4.90 Å². The second-order valence-corrected chi connectivity index (χ2v) is 8.05. The first-order valence-corrected chi connectivity index (χ1v) is 10.3. The van der Waals surface area contributed by atoms with Crippen molar-refractivity contribution in [2.45, 2.75) is 31.6 Å². The van der Waals surface area contributed by atoms with Crippen LogP contribution in [0.5, 0.6) is 0 Å². The van der Waals surface area contributed by atoms with Crippen molar-refractivity contribution in [3.05, 3.63) is 88.6 Å². The number of carbonyl (C=O) groups excluding carboxylic acids is 2. The van der Waals surface area contributed by atoms with E-state index in [1.807, 2.05) is 66.7 Å². The molecule has 0 radical (unpaired) electrons. The summed E-state index contributed by atoms with van der Waals surface area (Å²) < 4.78 is 0. The number of benzene rings is 3. The molecule has 4 heteroatoms. The zero-order chi connectivity index (χ0) is 20.0. The third-order valence-electron chi connectivity index (χ3n) is 5.96. The van der Waals surface area contributed by atoms with E-state index in [1.54, 1.807) is 4.90 Å². The third kappa shape index (κ3) is 2.97. The molecule has 29 heavy (non-hydrogen) atoms. The molecule has 3 aromatic carbocycles. The van der Waals surface area contributed by atoms with Gasteiger partial charge >= 0.3 is 0 Å². The number of fused-ring (bicyclic) bond motifs is 1. The smallest absolute Gasteiger partial charge is 0.232 e. The van der Waals surface area contributed by atoms with E-state index >= 15 is 0 Å². The number of hydrogen-bond donors (Lipinski definition) is 0. The molecule has 3 aromatic rings. The maximum absolute atomic E-state index is 13.4. The van der Waals surface area contributed by atoms with Crippen molar-refractivity contribution in [2.75, 3.05) is 4.90 Å². The summed E-state index contributed by atoms with van der Waals surface area (Å²) in [6, 6.07) is 21.6. The summed E-state index contributed by atoms with van der Waals surface area (Å²) >= 11 is 6.46. The number of allylic oxidation sites excluding steroid dienone is 2. The molecule has 0 N–H and O–H groups in total. The van der Waals surface area contributed by atoms with Crippen LogP contribution in [0.2, 0.25) is 5.02 Å². The molecule has 1 aliphatic carbocycles. The van der Waals surface area contributed by atoms with Gasteiger partial charge in [0.1, 0.15) is 0 Å². The number of amides is 1. The number of anilines is 1. The van der Waals surface area contributed by atoms with Gasteiger partial charge in [-0.25, -0.2) is 0 Å². The first-order valence-electron chi connectivity index (χ1n) is 9.96. The minimum atomic E-state index is -0.273. The second-order valence-electron chi connectivity index (χ2n) is 7.64. The molecule has 3 nitrogen and oxygen atoms in total. The monoisotopic (exact) mass is 401 g/mol. The van der Waals surface area contributed by atoms with Gasteiger partial charge in [0, 0.05) is 40.4 Å². The van der Waals surface area contributed by atoms with Crippen molar-refractivity contribution in [1.82, 2.24) is 0 Å². The predicted octanol–water partition coefficient (Wildman–Crippen LogP) is 6.02. The van der Waals surface area contributed by atoms with Crippen molar-refractivity contribution in [2.24, 2.45) is 0 Å². The van der Waals surface area contributed by atoms with Gasteiger partial charge in [-0.05, 0) is 35.9 Å². The Balaban J connectivity index is 1.73. The molecule has 0 aromatic heterocycles. The van der Waals surface area contributed by atoms with Crippen LogP contribution in [0.25, 0.3) is 10.8 Å². The van der Waals surface area contributed by atoms with Crippen LogP contribution >= 0.6 is 11.6 Å². The Hall–Kier alpha value is -2.91. The van der Waals surface area contributed by atoms with Crippen LogP contribution in [-0.2, 0) is 9.59 Å². The number of halogens is 1. The van der Waals surface area contributed by atoms with Gasteiger partial charge < -0.3 is 0 Å². The van der Waals surface area contributed by atoms with E-state index in [2.05, 4.69) is 0 Å². The number of carbonyl (C=O) groups is 2. The van der Waals surface area contributed by atoms with Crippen molar-refractivity contribution < 1.29 is 9.59 Å². The lowest BCUT2D eigenvalue weighted by Gasteiger charge is -2.39. The van der Waals surface area contributed by atoms with Crippen LogP contribution in [0, 0.1) is 0 Å².